The second-order valence-corrected chi connectivity index (χ2v) is 46.7. The summed E-state index contributed by atoms with van der Waals surface area (Å²) in [5.74, 6) is 3.11. The molecule has 19 aromatic rings. The van der Waals surface area contributed by atoms with Crippen LogP contribution in [-0.4, -0.2) is 57.3 Å². The lowest BCUT2D eigenvalue weighted by Gasteiger charge is -2.44. The van der Waals surface area contributed by atoms with E-state index in [0.717, 1.165) is 89.2 Å². The summed E-state index contributed by atoms with van der Waals surface area (Å²) in [5, 5.41) is 12.5. The van der Waals surface area contributed by atoms with E-state index in [2.05, 4.69) is 498 Å². The van der Waals surface area contributed by atoms with Crippen LogP contribution in [0.4, 0.5) is 34.6 Å². The first-order valence-corrected chi connectivity index (χ1v) is 49.4. The van der Waals surface area contributed by atoms with Gasteiger partial charge in [0.1, 0.15) is 0 Å². The van der Waals surface area contributed by atoms with Crippen LogP contribution in [0.25, 0.3) is 84.2 Å². The number of fused-ring (bicyclic) bond motifs is 7. The lowest BCUT2D eigenvalue weighted by Crippen LogP contribution is -2.74. The van der Waals surface area contributed by atoms with Crippen LogP contribution < -0.4 is 67.7 Å². The fraction of sp³-hybridized carbons (Fsp3) is 0.136. The molecule has 0 radical (unpaired) electrons. The Balaban J connectivity index is 0.848. The smallest absolute Gasteiger partial charge is 0.252 e. The molecule has 5 heterocycles. The maximum absolute atomic E-state index is 6.00. The second kappa shape index (κ2) is 32.3. The van der Waals surface area contributed by atoms with Crippen molar-refractivity contribution in [3.8, 4) is 62.4 Å². The number of hydrogen-bond donors (Lipinski definition) is 0. The second-order valence-electron chi connectivity index (χ2n) is 39.1. The lowest BCUT2D eigenvalue weighted by molar-refractivity contribution is 0.590. The number of anilines is 6. The van der Waals surface area contributed by atoms with Crippen LogP contribution in [0, 0.1) is 0 Å². The number of aromatic nitrogens is 7. The van der Waals surface area contributed by atoms with Crippen LogP contribution in [0.2, 0.25) is 0 Å². The van der Waals surface area contributed by atoms with Gasteiger partial charge in [-0.2, -0.15) is 19.9 Å². The maximum atomic E-state index is 6.00. The van der Waals surface area contributed by atoms with Gasteiger partial charge >= 0.3 is 0 Å². The van der Waals surface area contributed by atoms with E-state index in [-0.39, 0.29) is 28.4 Å². The van der Waals surface area contributed by atoms with Gasteiger partial charge in [0, 0.05) is 61.5 Å². The molecular weight excluding hydrogens is 1610 g/mol. The highest BCUT2D eigenvalue weighted by Crippen LogP contribution is 2.48. The van der Waals surface area contributed by atoms with Crippen LogP contribution in [0.15, 0.2) is 400 Å². The van der Waals surface area contributed by atoms with Crippen molar-refractivity contribution in [2.24, 2.45) is 0 Å². The van der Waals surface area contributed by atoms with Crippen molar-refractivity contribution in [2.45, 2.75) is 105 Å². The highest BCUT2D eigenvalue weighted by Gasteiger charge is 2.48. The van der Waals surface area contributed by atoms with Gasteiger partial charge in [0.05, 0.1) is 11.0 Å². The topological polar surface area (TPSA) is 88.8 Å². The molecule has 0 saturated heterocycles. The summed E-state index contributed by atoms with van der Waals surface area (Å²) in [6.07, 6.45) is 0. The fourth-order valence-electron chi connectivity index (χ4n) is 20.1. The monoisotopic (exact) mass is 1710 g/mol. The Morgan fingerprint density at radius 3 is 0.831 bits per heavy atom. The number of rotatable bonds is 16. The Morgan fingerprint density at radius 2 is 0.508 bits per heavy atom. The zero-order chi connectivity index (χ0) is 89.0. The van der Waals surface area contributed by atoms with Crippen molar-refractivity contribution in [1.29, 1.82) is 0 Å². The Morgan fingerprint density at radius 1 is 0.223 bits per heavy atom. The largest absolute Gasteiger partial charge is 0.309 e. The van der Waals surface area contributed by atoms with E-state index in [4.69, 9.17) is 29.9 Å². The van der Waals surface area contributed by atoms with Crippen LogP contribution in [0.1, 0.15) is 105 Å². The van der Waals surface area contributed by atoms with Gasteiger partial charge in [0.15, 0.2) is 39.4 Å². The molecule has 16 aromatic carbocycles. The Bertz CT molecular complexity index is 6890. The Kier molecular flexibility index (Phi) is 20.5. The SMILES string of the molecule is CC(C)(C)c1ccc2c(c1)B1c3cc(C(C)(C)C)ccc3N(c3nc(-c4ccccc4)nc(-c4cccc([Si](c5ccccc5)(c5ccccc5)c5ccccc5)c4)n3)c3cc(-c4ccc(-n5c6ccc(C(C)(C)C)cc6c6cc(C(C)(C)C)ccc65)cc4)cc(c31)N2c1nc(-c2ccccc2)nc(-c2cccc([Si](c3ccccc3)(c3ccccc3)c3ccccc3)c2)n1. The van der Waals surface area contributed by atoms with Crippen molar-refractivity contribution in [3.05, 3.63) is 423 Å². The van der Waals surface area contributed by atoms with Gasteiger partial charge in [-0.3, -0.25) is 9.80 Å². The van der Waals surface area contributed by atoms with E-state index >= 15 is 0 Å². The maximum Gasteiger partial charge on any atom is 0.252 e. The van der Waals surface area contributed by atoms with Crippen LogP contribution in [-0.2, 0) is 21.7 Å². The summed E-state index contributed by atoms with van der Waals surface area (Å²) in [6, 6.07) is 148. The van der Waals surface area contributed by atoms with Gasteiger partial charge in [-0.25, -0.2) is 9.97 Å². The molecular formula is C118H102BN9Si2. The third-order valence-electron chi connectivity index (χ3n) is 26.8. The molecule has 3 aromatic heterocycles. The minimum Gasteiger partial charge on any atom is -0.309 e. The molecule has 0 bridgehead atoms. The van der Waals surface area contributed by atoms with E-state index in [9.17, 15) is 0 Å². The highest BCUT2D eigenvalue weighted by molar-refractivity contribution is 7.20. The van der Waals surface area contributed by atoms with Gasteiger partial charge in [0.2, 0.25) is 11.9 Å². The molecule has 0 unspecified atom stereocenters. The molecule has 630 valence electrons. The fourth-order valence-corrected chi connectivity index (χ4v) is 29.7. The first kappa shape index (κ1) is 82.4. The van der Waals surface area contributed by atoms with Crippen LogP contribution >= 0.6 is 0 Å². The summed E-state index contributed by atoms with van der Waals surface area (Å²) in [7, 11) is -6.18. The third kappa shape index (κ3) is 14.4. The van der Waals surface area contributed by atoms with Gasteiger partial charge in [-0.05, 0) is 174 Å². The predicted molar refractivity (Wildman–Crippen MR) is 551 cm³/mol. The molecule has 0 fully saturated rings. The summed E-state index contributed by atoms with van der Waals surface area (Å²) >= 11 is 0. The molecule has 9 nitrogen and oxygen atoms in total. The molecule has 0 atom stereocenters. The van der Waals surface area contributed by atoms with Crippen LogP contribution in [0.3, 0.4) is 0 Å². The molecule has 130 heavy (non-hydrogen) atoms. The number of nitrogens with zero attached hydrogens (tertiary/aromatic N) is 9. The zero-order valence-electron chi connectivity index (χ0n) is 75.7. The van der Waals surface area contributed by atoms with E-state index < -0.39 is 16.1 Å². The zero-order valence-corrected chi connectivity index (χ0v) is 77.7. The summed E-state index contributed by atoms with van der Waals surface area (Å²) in [6.45, 7) is 27.4. The van der Waals surface area contributed by atoms with Crippen molar-refractivity contribution in [3.63, 3.8) is 0 Å². The minimum atomic E-state index is -3.09. The van der Waals surface area contributed by atoms with Crippen molar-refractivity contribution in [2.75, 3.05) is 9.80 Å². The van der Waals surface area contributed by atoms with Crippen molar-refractivity contribution >= 4 is 137 Å². The average molecular weight is 1710 g/mol. The Labute approximate surface area is 765 Å². The predicted octanol–water partition coefficient (Wildman–Crippen LogP) is 21.5. The molecule has 0 amide bonds. The highest BCUT2D eigenvalue weighted by atomic mass is 28.3. The number of hydrogen-bond acceptors (Lipinski definition) is 8. The molecule has 0 spiro atoms. The van der Waals surface area contributed by atoms with E-state index in [1.165, 1.54) is 74.5 Å². The van der Waals surface area contributed by atoms with E-state index in [1.54, 1.807) is 0 Å². The summed E-state index contributed by atoms with van der Waals surface area (Å²) in [4.78, 5) is 39.8. The molecule has 21 rings (SSSR count). The summed E-state index contributed by atoms with van der Waals surface area (Å²) < 4.78 is 2.46. The molecule has 0 saturated carbocycles. The molecule has 2 aliphatic heterocycles. The van der Waals surface area contributed by atoms with Crippen molar-refractivity contribution < 1.29 is 0 Å². The minimum absolute atomic E-state index is 0.0587. The van der Waals surface area contributed by atoms with E-state index in [0.29, 0.717) is 35.2 Å². The Hall–Kier alpha value is -14.6. The first-order chi connectivity index (χ1) is 63.0. The average Bonchev–Trinajstić information content (AvgIpc) is 0.818. The standard InChI is InChI=1S/C118H102BN9Si2/c1-115(2,3)85-61-67-102-98(75-85)99-76-86(116(4,5)6)62-68-103(99)126(102)89-65-59-79(60-66-89)84-73-106-108-107(74-84)128(114-123-110(81-41-23-14-24-42-81)121-112(125-114)83-44-38-58-97(72-83)130(93-51-31-18-32-52-93,94-53-33-19-34-54-94)95-55-35-20-36-56-95)105-70-64-88(118(10,11)12)78-101(105)119(108)100-77-87(117(7,8)9)63-69-104(100)127(106)113-122-109(80-39-21-13-22-40-80)120-111(124-113)82-43-37-57-96(71-82)129(90-45-25-15-26-46-90,91-47-27-16-28-48-91)92-49-29-17-30-50-92/h13-78H,1-12H3. The van der Waals surface area contributed by atoms with Gasteiger partial charge in [0.25, 0.3) is 6.71 Å². The van der Waals surface area contributed by atoms with Gasteiger partial charge < -0.3 is 4.57 Å². The number of benzene rings is 16. The molecule has 0 N–H and O–H groups in total. The van der Waals surface area contributed by atoms with Gasteiger partial charge in [-0.1, -0.05) is 423 Å². The summed E-state index contributed by atoms with van der Waals surface area (Å²) in [5.41, 5.74) is 20.2. The quantitative estimate of drug-likeness (QED) is 0.0698. The third-order valence-corrected chi connectivity index (χ3v) is 36.4. The van der Waals surface area contributed by atoms with E-state index in [1.807, 2.05) is 0 Å². The first-order valence-electron chi connectivity index (χ1n) is 45.4. The lowest BCUT2D eigenvalue weighted by atomic mass is 9.33. The molecule has 12 heteroatoms. The van der Waals surface area contributed by atoms with Gasteiger partial charge in [-0.15, -0.1) is 0 Å². The van der Waals surface area contributed by atoms with Crippen molar-refractivity contribution in [1.82, 2.24) is 34.5 Å². The molecule has 2 aliphatic rings. The molecule has 0 aliphatic carbocycles. The van der Waals surface area contributed by atoms with Crippen LogP contribution in [0.5, 0.6) is 0 Å². The normalized spacial score (nSPS) is 12.9.